The molecule has 0 aliphatic heterocycles. The number of nitrogens with one attached hydrogen (secondary N) is 3. The summed E-state index contributed by atoms with van der Waals surface area (Å²) < 4.78 is 4.87. The van der Waals surface area contributed by atoms with E-state index in [1.165, 1.54) is 6.92 Å². The highest BCUT2D eigenvalue weighted by molar-refractivity contribution is 6.03. The van der Waals surface area contributed by atoms with Crippen molar-refractivity contribution in [3.63, 3.8) is 0 Å². The summed E-state index contributed by atoms with van der Waals surface area (Å²) in [6, 6.07) is 0. The van der Waals surface area contributed by atoms with Crippen LogP contribution in [-0.4, -0.2) is 29.8 Å². The van der Waals surface area contributed by atoms with Crippen molar-refractivity contribution in [3.05, 3.63) is 27.0 Å². The molecule has 118 valence electrons. The molecule has 0 fully saturated rings. The lowest BCUT2D eigenvalue weighted by molar-refractivity contribution is 0.0523. The topological polar surface area (TPSA) is 95.0 Å². The second kappa shape index (κ2) is 8.94. The maximum atomic E-state index is 12.3. The zero-order valence-corrected chi connectivity index (χ0v) is 13.6. The van der Waals surface area contributed by atoms with Crippen molar-refractivity contribution in [1.29, 1.82) is 5.41 Å². The van der Waals surface area contributed by atoms with E-state index in [4.69, 9.17) is 10.1 Å². The number of ether oxygens (including phenoxy) is 1. The lowest BCUT2D eigenvalue weighted by atomic mass is 10.1. The SMILES string of the molecule is CC.CCNc1[nH]c(C)c(C(=O)OCC)c(=O)c1C(C)=N. The van der Waals surface area contributed by atoms with Crippen molar-refractivity contribution < 1.29 is 9.53 Å². The monoisotopic (exact) mass is 295 g/mol. The minimum atomic E-state index is -0.660. The fourth-order valence-electron chi connectivity index (χ4n) is 1.84. The Balaban J connectivity index is 0.00000191. The van der Waals surface area contributed by atoms with E-state index >= 15 is 0 Å². The van der Waals surface area contributed by atoms with Gasteiger partial charge in [-0.15, -0.1) is 0 Å². The molecule has 6 heteroatoms. The number of anilines is 1. The fourth-order valence-corrected chi connectivity index (χ4v) is 1.84. The number of aromatic amines is 1. The molecule has 0 aliphatic rings. The van der Waals surface area contributed by atoms with Crippen molar-refractivity contribution in [1.82, 2.24) is 4.98 Å². The second-order valence-electron chi connectivity index (χ2n) is 4.08. The predicted molar refractivity (Wildman–Crippen MR) is 85.8 cm³/mol. The van der Waals surface area contributed by atoms with E-state index in [9.17, 15) is 9.59 Å². The highest BCUT2D eigenvalue weighted by Crippen LogP contribution is 2.13. The molecule has 0 saturated heterocycles. The first-order chi connectivity index (χ1) is 9.93. The summed E-state index contributed by atoms with van der Waals surface area (Å²) in [6.07, 6.45) is 0. The molecule has 0 amide bonds. The van der Waals surface area contributed by atoms with E-state index in [0.29, 0.717) is 18.1 Å². The highest BCUT2D eigenvalue weighted by Gasteiger charge is 2.21. The predicted octanol–water partition coefficient (Wildman–Crippen LogP) is 2.71. The molecule has 21 heavy (non-hydrogen) atoms. The molecule has 0 unspecified atom stereocenters. The van der Waals surface area contributed by atoms with Crippen LogP contribution in [0, 0.1) is 12.3 Å². The Kier molecular flexibility index (Phi) is 8.04. The normalized spacial score (nSPS) is 9.43. The van der Waals surface area contributed by atoms with Crippen LogP contribution in [0.5, 0.6) is 0 Å². The van der Waals surface area contributed by atoms with Gasteiger partial charge in [0.05, 0.1) is 12.2 Å². The number of pyridine rings is 1. The zero-order chi connectivity index (χ0) is 16.6. The number of rotatable bonds is 5. The van der Waals surface area contributed by atoms with Crippen LogP contribution in [0.3, 0.4) is 0 Å². The molecule has 1 aromatic heterocycles. The summed E-state index contributed by atoms with van der Waals surface area (Å²) in [5.41, 5.74) is 0.200. The minimum absolute atomic E-state index is 0.0369. The smallest absolute Gasteiger partial charge is 0.343 e. The van der Waals surface area contributed by atoms with Crippen LogP contribution in [0.25, 0.3) is 0 Å². The van der Waals surface area contributed by atoms with Crippen LogP contribution in [-0.2, 0) is 4.74 Å². The molecule has 1 aromatic rings. The molecule has 0 spiro atoms. The highest BCUT2D eigenvalue weighted by atomic mass is 16.5. The van der Waals surface area contributed by atoms with Crippen LogP contribution in [0.1, 0.15) is 56.2 Å². The first kappa shape index (κ1) is 18.9. The van der Waals surface area contributed by atoms with Gasteiger partial charge in [0.1, 0.15) is 11.4 Å². The molecular weight excluding hydrogens is 270 g/mol. The molecule has 0 bridgehead atoms. The molecule has 1 heterocycles. The first-order valence-electron chi connectivity index (χ1n) is 7.17. The molecule has 0 atom stereocenters. The number of aromatic nitrogens is 1. The molecule has 1 rings (SSSR count). The number of carbonyl (C=O) groups is 1. The Morgan fingerprint density at radius 1 is 1.29 bits per heavy atom. The summed E-state index contributed by atoms with van der Waals surface area (Å²) >= 11 is 0. The van der Waals surface area contributed by atoms with Gasteiger partial charge in [-0.2, -0.15) is 0 Å². The van der Waals surface area contributed by atoms with E-state index < -0.39 is 11.4 Å². The lowest BCUT2D eigenvalue weighted by Crippen LogP contribution is -2.27. The Morgan fingerprint density at radius 2 is 1.86 bits per heavy atom. The quantitative estimate of drug-likeness (QED) is 0.575. The standard InChI is InChI=1S/C13H19N3O3.C2H6/c1-5-15-12-9(7(3)14)11(17)10(8(4)16-12)13(18)19-6-2;1-2/h14H,5-6H2,1-4H3,(H2,15,16,17);1-2H3. The van der Waals surface area contributed by atoms with Crippen LogP contribution >= 0.6 is 0 Å². The van der Waals surface area contributed by atoms with Gasteiger partial charge in [-0.25, -0.2) is 4.79 Å². The molecular formula is C15H25N3O3. The largest absolute Gasteiger partial charge is 0.462 e. The second-order valence-corrected chi connectivity index (χ2v) is 4.08. The summed E-state index contributed by atoms with van der Waals surface area (Å²) in [5.74, 6) is -0.197. The van der Waals surface area contributed by atoms with Gasteiger partial charge in [0, 0.05) is 18.0 Å². The average molecular weight is 295 g/mol. The van der Waals surface area contributed by atoms with Crippen molar-refractivity contribution in [2.24, 2.45) is 0 Å². The van der Waals surface area contributed by atoms with Crippen LogP contribution in [0.15, 0.2) is 4.79 Å². The summed E-state index contributed by atoms with van der Waals surface area (Å²) in [6.45, 7) is 11.5. The van der Waals surface area contributed by atoms with E-state index in [0.717, 1.165) is 0 Å². The number of aryl methyl sites for hydroxylation is 1. The van der Waals surface area contributed by atoms with Gasteiger partial charge >= 0.3 is 5.97 Å². The number of carbonyl (C=O) groups excluding carboxylic acids is 1. The molecule has 0 saturated carbocycles. The van der Waals surface area contributed by atoms with E-state index in [2.05, 4.69) is 10.3 Å². The summed E-state index contributed by atoms with van der Waals surface area (Å²) in [5, 5.41) is 10.7. The van der Waals surface area contributed by atoms with Gasteiger partial charge in [-0.1, -0.05) is 13.8 Å². The zero-order valence-electron chi connectivity index (χ0n) is 13.6. The van der Waals surface area contributed by atoms with E-state index in [-0.39, 0.29) is 23.4 Å². The van der Waals surface area contributed by atoms with Crippen LogP contribution in [0.4, 0.5) is 5.82 Å². The lowest BCUT2D eigenvalue weighted by Gasteiger charge is -2.13. The Morgan fingerprint density at radius 3 is 2.29 bits per heavy atom. The third-order valence-electron chi connectivity index (χ3n) is 2.60. The first-order valence-corrected chi connectivity index (χ1v) is 7.17. The number of H-pyrrole nitrogens is 1. The fraction of sp³-hybridized carbons (Fsp3) is 0.533. The Labute approximate surface area is 125 Å². The minimum Gasteiger partial charge on any atom is -0.462 e. The maximum Gasteiger partial charge on any atom is 0.343 e. The van der Waals surface area contributed by atoms with E-state index in [1.807, 2.05) is 20.8 Å². The van der Waals surface area contributed by atoms with Crippen LogP contribution in [0.2, 0.25) is 0 Å². The number of hydrogen-bond acceptors (Lipinski definition) is 5. The summed E-state index contributed by atoms with van der Waals surface area (Å²) in [7, 11) is 0. The molecule has 3 N–H and O–H groups in total. The van der Waals surface area contributed by atoms with Gasteiger partial charge in [0.15, 0.2) is 0 Å². The molecule has 0 aliphatic carbocycles. The van der Waals surface area contributed by atoms with E-state index in [1.54, 1.807) is 13.8 Å². The third-order valence-corrected chi connectivity index (χ3v) is 2.60. The maximum absolute atomic E-state index is 12.3. The van der Waals surface area contributed by atoms with Crippen molar-refractivity contribution >= 4 is 17.5 Å². The Hall–Kier alpha value is -2.11. The molecule has 6 nitrogen and oxygen atoms in total. The number of esters is 1. The summed E-state index contributed by atoms with van der Waals surface area (Å²) in [4.78, 5) is 27.1. The van der Waals surface area contributed by atoms with Crippen molar-refractivity contribution in [2.45, 2.75) is 41.5 Å². The van der Waals surface area contributed by atoms with Gasteiger partial charge < -0.3 is 20.4 Å². The van der Waals surface area contributed by atoms with Crippen LogP contribution < -0.4 is 10.7 Å². The number of hydrogen-bond donors (Lipinski definition) is 3. The third kappa shape index (κ3) is 4.44. The van der Waals surface area contributed by atoms with Gasteiger partial charge in [-0.05, 0) is 27.7 Å². The van der Waals surface area contributed by atoms with Gasteiger partial charge in [0.25, 0.3) is 0 Å². The van der Waals surface area contributed by atoms with Crippen molar-refractivity contribution in [3.8, 4) is 0 Å². The molecule has 0 radical (unpaired) electrons. The van der Waals surface area contributed by atoms with Gasteiger partial charge in [-0.3, -0.25) is 4.79 Å². The van der Waals surface area contributed by atoms with Crippen molar-refractivity contribution in [2.75, 3.05) is 18.5 Å². The molecule has 0 aromatic carbocycles. The Bertz CT molecular complexity index is 562. The van der Waals surface area contributed by atoms with Gasteiger partial charge in [0.2, 0.25) is 5.43 Å². The average Bonchev–Trinajstić information content (AvgIpc) is 2.40.